The molecule has 4 rings (SSSR count). The van der Waals surface area contributed by atoms with Gasteiger partial charge in [0, 0.05) is 6.20 Å². The number of nitrogens with zero attached hydrogens (tertiary/aromatic N) is 3. The summed E-state index contributed by atoms with van der Waals surface area (Å²) >= 11 is 0. The van der Waals surface area contributed by atoms with Crippen LogP contribution in [0.4, 0.5) is 5.82 Å². The first-order chi connectivity index (χ1) is 7.93. The van der Waals surface area contributed by atoms with E-state index in [1.807, 2.05) is 12.3 Å². The van der Waals surface area contributed by atoms with Crippen molar-refractivity contribution in [1.82, 2.24) is 15.0 Å². The first-order valence-corrected chi connectivity index (χ1v) is 5.23. The fraction of sp³-hybridized carbons (Fsp3) is 0.250. The first kappa shape index (κ1) is 8.60. The second-order valence-corrected chi connectivity index (χ2v) is 3.92. The summed E-state index contributed by atoms with van der Waals surface area (Å²) in [7, 11) is 0.223. The third-order valence-corrected chi connectivity index (χ3v) is 2.83. The Labute approximate surface area is 92.2 Å². The number of fused-ring (bicyclic) bond motifs is 1. The highest BCUT2D eigenvalue weighted by Crippen LogP contribution is 2.30. The molecule has 2 fully saturated rings. The minimum absolute atomic E-state index is 0.112. The Morgan fingerprint density at radius 2 is 2.00 bits per heavy atom. The van der Waals surface area contributed by atoms with Crippen molar-refractivity contribution in [2.24, 2.45) is 0 Å². The Hall–Kier alpha value is -1.53. The maximum Gasteiger partial charge on any atom is 0.430 e. The predicted octanol–water partition coefficient (Wildman–Crippen LogP) is -0.121. The van der Waals surface area contributed by atoms with E-state index in [1.165, 1.54) is 0 Å². The maximum atomic E-state index is 5.33. The molecule has 16 heavy (non-hydrogen) atoms. The predicted molar refractivity (Wildman–Crippen MR) is 59.8 cm³/mol. The van der Waals surface area contributed by atoms with Crippen molar-refractivity contribution in [3.05, 3.63) is 18.6 Å². The van der Waals surface area contributed by atoms with Gasteiger partial charge in [0.25, 0.3) is 0 Å². The molecule has 1 N–H and O–H groups in total. The number of aromatic nitrogens is 3. The molecule has 2 aliphatic rings. The molecule has 4 heterocycles. The van der Waals surface area contributed by atoms with Crippen molar-refractivity contribution in [3.63, 3.8) is 0 Å². The highest BCUT2D eigenvalue weighted by atomic mass is 16.5. The van der Waals surface area contributed by atoms with Crippen molar-refractivity contribution >= 4 is 31.0 Å². The van der Waals surface area contributed by atoms with Gasteiger partial charge in [0.05, 0.1) is 18.4 Å². The highest BCUT2D eigenvalue weighted by molar-refractivity contribution is 6.84. The molecule has 0 spiro atoms. The Morgan fingerprint density at radius 1 is 1.25 bits per heavy atom. The van der Waals surface area contributed by atoms with Gasteiger partial charge in [-0.2, -0.15) is 0 Å². The van der Waals surface area contributed by atoms with Crippen LogP contribution in [0, 0.1) is 0 Å². The first-order valence-electron chi connectivity index (χ1n) is 5.23. The van der Waals surface area contributed by atoms with Crippen LogP contribution in [0.5, 0.6) is 0 Å². The van der Waals surface area contributed by atoms with E-state index in [1.54, 1.807) is 6.33 Å². The van der Waals surface area contributed by atoms with Gasteiger partial charge in [-0.25, -0.2) is 9.97 Å². The molecular weight excluding hydrogens is 206 g/mol. The molecule has 0 bridgehead atoms. The van der Waals surface area contributed by atoms with Crippen LogP contribution in [0.2, 0.25) is 0 Å². The van der Waals surface area contributed by atoms with E-state index in [0.717, 1.165) is 29.9 Å². The molecule has 6 nitrogen and oxygen atoms in total. The van der Waals surface area contributed by atoms with E-state index in [0.29, 0.717) is 0 Å². The van der Waals surface area contributed by atoms with Gasteiger partial charge in [-0.1, -0.05) is 0 Å². The zero-order valence-corrected chi connectivity index (χ0v) is 8.46. The highest BCUT2D eigenvalue weighted by Gasteiger charge is 2.51. The minimum atomic E-state index is 0.112. The van der Waals surface area contributed by atoms with E-state index < -0.39 is 0 Å². The van der Waals surface area contributed by atoms with E-state index >= 15 is 0 Å². The fourth-order valence-electron chi connectivity index (χ4n) is 1.93. The number of aromatic amines is 1. The summed E-state index contributed by atoms with van der Waals surface area (Å²) in [6.45, 7) is 1.49. The summed E-state index contributed by atoms with van der Waals surface area (Å²) in [4.78, 5) is 11.6. The minimum Gasteiger partial charge on any atom is -0.418 e. The summed E-state index contributed by atoms with van der Waals surface area (Å²) in [5, 5.41) is 1.01. The molecule has 0 amide bonds. The van der Waals surface area contributed by atoms with Crippen molar-refractivity contribution in [1.29, 1.82) is 0 Å². The third kappa shape index (κ3) is 1.23. The summed E-state index contributed by atoms with van der Waals surface area (Å²) in [5.41, 5.74) is 0.844. The lowest BCUT2D eigenvalue weighted by molar-refractivity contribution is 0.551. The van der Waals surface area contributed by atoms with Gasteiger partial charge in [-0.3, -0.25) is 0 Å². The van der Waals surface area contributed by atoms with Crippen LogP contribution in [-0.4, -0.2) is 42.1 Å². The lowest BCUT2D eigenvalue weighted by Crippen LogP contribution is -2.37. The van der Waals surface area contributed by atoms with Crippen LogP contribution in [-0.2, 0) is 9.31 Å². The number of anilines is 1. The molecule has 0 radical (unpaired) electrons. The smallest absolute Gasteiger partial charge is 0.418 e. The van der Waals surface area contributed by atoms with Gasteiger partial charge in [-0.15, -0.1) is 0 Å². The maximum absolute atomic E-state index is 5.33. The average molecular weight is 214 g/mol. The molecule has 78 valence electrons. The van der Waals surface area contributed by atoms with Crippen LogP contribution < -0.4 is 4.72 Å². The summed E-state index contributed by atoms with van der Waals surface area (Å²) in [5.74, 6) is 0.885. The van der Waals surface area contributed by atoms with Gasteiger partial charge < -0.3 is 19.0 Å². The van der Waals surface area contributed by atoms with Crippen LogP contribution in [0.3, 0.4) is 0 Å². The van der Waals surface area contributed by atoms with Crippen molar-refractivity contribution in [3.8, 4) is 0 Å². The topological polar surface area (TPSA) is 69.9 Å². The van der Waals surface area contributed by atoms with E-state index in [2.05, 4.69) is 19.7 Å². The summed E-state index contributed by atoms with van der Waals surface area (Å²) in [6.07, 6.45) is 3.43. The summed E-state index contributed by atoms with van der Waals surface area (Å²) < 4.78 is 12.7. The Balaban J connectivity index is 1.86. The zero-order chi connectivity index (χ0) is 10.5. The van der Waals surface area contributed by atoms with Crippen molar-refractivity contribution in [2.75, 3.05) is 17.7 Å². The van der Waals surface area contributed by atoms with Gasteiger partial charge in [0.2, 0.25) is 0 Å². The quantitative estimate of drug-likeness (QED) is 0.569. The molecule has 2 aromatic heterocycles. The number of H-pyrrole nitrogens is 1. The Kier molecular flexibility index (Phi) is 1.61. The second kappa shape index (κ2) is 2.99. The number of hydrogen-bond acceptors (Lipinski definition) is 5. The zero-order valence-electron chi connectivity index (χ0n) is 8.46. The molecular formula is C8H8B2N4O2. The van der Waals surface area contributed by atoms with Crippen LogP contribution in [0.1, 0.15) is 0 Å². The van der Waals surface area contributed by atoms with Crippen LogP contribution in [0.25, 0.3) is 11.0 Å². The van der Waals surface area contributed by atoms with E-state index in [-0.39, 0.29) is 14.1 Å². The lowest BCUT2D eigenvalue weighted by atomic mass is 9.76. The van der Waals surface area contributed by atoms with E-state index in [4.69, 9.17) is 9.31 Å². The summed E-state index contributed by atoms with van der Waals surface area (Å²) in [6, 6.07) is 1.97. The van der Waals surface area contributed by atoms with E-state index in [9.17, 15) is 0 Å². The number of nitrogens with one attached hydrogen (secondary N) is 1. The molecule has 2 saturated heterocycles. The second-order valence-electron chi connectivity index (χ2n) is 3.92. The van der Waals surface area contributed by atoms with Gasteiger partial charge in [0.1, 0.15) is 17.8 Å². The van der Waals surface area contributed by atoms with Crippen molar-refractivity contribution < 1.29 is 9.31 Å². The fourth-order valence-corrected chi connectivity index (χ4v) is 1.93. The average Bonchev–Trinajstić information content (AvgIpc) is 3.21. The monoisotopic (exact) mass is 214 g/mol. The molecule has 0 saturated carbocycles. The van der Waals surface area contributed by atoms with Gasteiger partial charge >= 0.3 is 14.1 Å². The molecule has 0 aliphatic carbocycles. The van der Waals surface area contributed by atoms with Gasteiger partial charge in [-0.05, 0) is 6.07 Å². The molecule has 2 aliphatic heterocycles. The molecule has 0 atom stereocenters. The standard InChI is InChI=1S/C8H8B2N4O2/c1-2-11-7-6(1)8(13-5-12-7)14(9-3-15-9)10-4-16-10/h1-2,5H,3-4H2,(H,11,12,13). The SMILES string of the molecule is c1nc(N(B2CO2)B2CO2)c2cc[nH]c2n1. The Morgan fingerprint density at radius 3 is 2.69 bits per heavy atom. The van der Waals surface area contributed by atoms with Crippen LogP contribution in [0.15, 0.2) is 18.6 Å². The molecule has 0 unspecified atom stereocenters. The Bertz CT molecular complexity index is 528. The molecule has 2 aromatic rings. The van der Waals surface area contributed by atoms with Crippen molar-refractivity contribution in [2.45, 2.75) is 0 Å². The number of hydrogen-bond donors (Lipinski definition) is 1. The normalized spacial score (nSPS) is 18.0. The third-order valence-electron chi connectivity index (χ3n) is 2.83. The molecule has 0 aromatic carbocycles. The lowest BCUT2D eigenvalue weighted by Gasteiger charge is -2.17. The van der Waals surface area contributed by atoms with Crippen LogP contribution >= 0.6 is 0 Å². The number of rotatable bonds is 3. The largest absolute Gasteiger partial charge is 0.430 e. The molecule has 8 heteroatoms. The van der Waals surface area contributed by atoms with Gasteiger partial charge in [0.15, 0.2) is 0 Å².